The summed E-state index contributed by atoms with van der Waals surface area (Å²) < 4.78 is 36.5. The molecule has 1 atom stereocenters. The summed E-state index contributed by atoms with van der Waals surface area (Å²) in [5.41, 5.74) is 2.43. The number of nitrogens with zero attached hydrogens (tertiary/aromatic N) is 6. The van der Waals surface area contributed by atoms with Crippen LogP contribution in [0.3, 0.4) is 0 Å². The Morgan fingerprint density at radius 3 is 2.26 bits per heavy atom. The molecule has 10 heteroatoms. The molecule has 1 saturated heterocycles. The van der Waals surface area contributed by atoms with E-state index in [0.29, 0.717) is 48.5 Å². The standard InChI is InChI=1S/C28H32F2N6O2/c1-17-25(27-33-32-26(38-27)18-8-6-5-7-9-18)31-23(16-35(17)4)19-14-21(29)24(22(30)15-19)28(37)36-12-10-20(11-13-36)34(2)3/h5-9,14-15,20,28,37H,10-13,16H2,1-4H3. The van der Waals surface area contributed by atoms with Gasteiger partial charge in [-0.2, -0.15) is 0 Å². The predicted molar refractivity (Wildman–Crippen MR) is 141 cm³/mol. The molecule has 0 saturated carbocycles. The zero-order valence-corrected chi connectivity index (χ0v) is 22.0. The number of aliphatic imine (C=N–C) groups is 1. The fourth-order valence-corrected chi connectivity index (χ4v) is 4.98. The predicted octanol–water partition coefficient (Wildman–Crippen LogP) is 4.15. The summed E-state index contributed by atoms with van der Waals surface area (Å²) in [6.45, 7) is 3.34. The number of aliphatic hydroxyl groups excluding tert-OH is 1. The molecule has 3 heterocycles. The van der Waals surface area contributed by atoms with E-state index in [-0.39, 0.29) is 11.5 Å². The maximum atomic E-state index is 15.3. The molecule has 2 aliphatic rings. The minimum absolute atomic E-state index is 0.222. The number of hydrogen-bond acceptors (Lipinski definition) is 8. The van der Waals surface area contributed by atoms with Crippen molar-refractivity contribution in [3.8, 4) is 11.5 Å². The summed E-state index contributed by atoms with van der Waals surface area (Å²) in [6, 6.07) is 12.3. The van der Waals surface area contributed by atoms with Crippen molar-refractivity contribution in [2.75, 3.05) is 40.8 Å². The topological polar surface area (TPSA) is 81.2 Å². The third kappa shape index (κ3) is 5.11. The van der Waals surface area contributed by atoms with E-state index < -0.39 is 17.9 Å². The number of likely N-dealkylation sites (N-methyl/N-ethyl adjacent to an activating group) is 1. The molecule has 8 nitrogen and oxygen atoms in total. The van der Waals surface area contributed by atoms with Crippen LogP contribution in [-0.2, 0) is 0 Å². The average molecular weight is 523 g/mol. The maximum Gasteiger partial charge on any atom is 0.268 e. The second-order valence-corrected chi connectivity index (χ2v) is 10.1. The number of allylic oxidation sites excluding steroid dienone is 1. The van der Waals surface area contributed by atoms with Crippen molar-refractivity contribution in [3.63, 3.8) is 0 Å². The van der Waals surface area contributed by atoms with Gasteiger partial charge in [-0.25, -0.2) is 13.8 Å². The lowest BCUT2D eigenvalue weighted by molar-refractivity contribution is -0.0265. The highest BCUT2D eigenvalue weighted by Gasteiger charge is 2.30. The second kappa shape index (κ2) is 10.7. The third-order valence-electron chi connectivity index (χ3n) is 7.44. The zero-order valence-electron chi connectivity index (χ0n) is 22.0. The quantitative estimate of drug-likeness (QED) is 0.521. The van der Waals surface area contributed by atoms with E-state index >= 15 is 8.78 Å². The van der Waals surface area contributed by atoms with Gasteiger partial charge in [-0.1, -0.05) is 18.2 Å². The first-order valence-electron chi connectivity index (χ1n) is 12.7. The monoisotopic (exact) mass is 522 g/mol. The Hall–Kier alpha value is -3.47. The highest BCUT2D eigenvalue weighted by atomic mass is 19.1. The van der Waals surface area contributed by atoms with Gasteiger partial charge in [-0.15, -0.1) is 10.2 Å². The molecule has 200 valence electrons. The van der Waals surface area contributed by atoms with Gasteiger partial charge in [0, 0.05) is 43.0 Å². The Balaban J connectivity index is 1.41. The number of likely N-dealkylation sites (tertiary alicyclic amines) is 1. The number of aromatic nitrogens is 2. The van der Waals surface area contributed by atoms with E-state index in [4.69, 9.17) is 4.42 Å². The highest BCUT2D eigenvalue weighted by molar-refractivity contribution is 6.06. The molecule has 3 aromatic rings. The van der Waals surface area contributed by atoms with Gasteiger partial charge < -0.3 is 19.3 Å². The molecule has 2 aromatic carbocycles. The molecule has 2 aliphatic heterocycles. The van der Waals surface area contributed by atoms with Crippen LogP contribution in [0.15, 0.2) is 57.6 Å². The molecule has 1 aromatic heterocycles. The van der Waals surface area contributed by atoms with Crippen molar-refractivity contribution in [2.45, 2.75) is 32.0 Å². The fraction of sp³-hybridized carbons (Fsp3) is 0.393. The summed E-state index contributed by atoms with van der Waals surface area (Å²) in [5, 5.41) is 19.2. The summed E-state index contributed by atoms with van der Waals surface area (Å²) in [7, 11) is 5.90. The van der Waals surface area contributed by atoms with Crippen LogP contribution in [0, 0.1) is 11.6 Å². The molecule has 0 radical (unpaired) electrons. The van der Waals surface area contributed by atoms with Crippen molar-refractivity contribution in [1.82, 2.24) is 24.9 Å². The third-order valence-corrected chi connectivity index (χ3v) is 7.44. The summed E-state index contributed by atoms with van der Waals surface area (Å²) >= 11 is 0. The number of halogens is 2. The largest absolute Gasteiger partial charge is 0.415 e. The van der Waals surface area contributed by atoms with Gasteiger partial charge in [0.2, 0.25) is 5.89 Å². The van der Waals surface area contributed by atoms with Gasteiger partial charge in [-0.05, 0) is 58.1 Å². The number of piperidine rings is 1. The van der Waals surface area contributed by atoms with E-state index in [1.165, 1.54) is 12.1 Å². The highest BCUT2D eigenvalue weighted by Crippen LogP contribution is 2.31. The Morgan fingerprint density at radius 2 is 1.63 bits per heavy atom. The molecule has 0 bridgehead atoms. The van der Waals surface area contributed by atoms with Crippen LogP contribution in [-0.4, -0.2) is 82.5 Å². The SMILES string of the molecule is CC1=C(c2nnc(-c3ccccc3)o2)N=C(c2cc(F)c(C(O)N3CCC(N(C)C)CC3)c(F)c2)CN1C. The van der Waals surface area contributed by atoms with Crippen molar-refractivity contribution >= 4 is 11.4 Å². The van der Waals surface area contributed by atoms with Gasteiger partial charge in [0.05, 0.1) is 17.8 Å². The minimum atomic E-state index is -1.35. The first-order chi connectivity index (χ1) is 18.2. The van der Waals surface area contributed by atoms with Gasteiger partial charge in [0.25, 0.3) is 5.89 Å². The summed E-state index contributed by atoms with van der Waals surface area (Å²) in [5.74, 6) is -1.02. The molecule has 5 rings (SSSR count). The van der Waals surface area contributed by atoms with E-state index in [9.17, 15) is 5.11 Å². The number of hydrogen-bond donors (Lipinski definition) is 1. The van der Waals surface area contributed by atoms with Crippen molar-refractivity contribution in [2.24, 2.45) is 4.99 Å². The first-order valence-corrected chi connectivity index (χ1v) is 12.7. The molecule has 0 amide bonds. The minimum Gasteiger partial charge on any atom is -0.415 e. The lowest BCUT2D eigenvalue weighted by Crippen LogP contribution is -2.43. The number of rotatable bonds is 6. The van der Waals surface area contributed by atoms with Gasteiger partial charge in [0.1, 0.15) is 23.6 Å². The maximum absolute atomic E-state index is 15.3. The van der Waals surface area contributed by atoms with Crippen LogP contribution in [0.4, 0.5) is 8.78 Å². The van der Waals surface area contributed by atoms with Gasteiger partial charge >= 0.3 is 0 Å². The van der Waals surface area contributed by atoms with Gasteiger partial charge in [0.15, 0.2) is 0 Å². The van der Waals surface area contributed by atoms with E-state index in [1.807, 2.05) is 63.3 Å². The Labute approximate surface area is 220 Å². The summed E-state index contributed by atoms with van der Waals surface area (Å²) in [6.07, 6.45) is 0.297. The second-order valence-electron chi connectivity index (χ2n) is 10.1. The number of benzene rings is 2. The normalized spacial score (nSPS) is 18.3. The molecule has 0 aliphatic carbocycles. The lowest BCUT2D eigenvalue weighted by atomic mass is 10.00. The molecular formula is C28H32F2N6O2. The Morgan fingerprint density at radius 1 is 1.00 bits per heavy atom. The summed E-state index contributed by atoms with van der Waals surface area (Å²) in [4.78, 5) is 10.5. The van der Waals surface area contributed by atoms with Crippen molar-refractivity contribution < 1.29 is 18.3 Å². The molecule has 0 spiro atoms. The molecule has 1 N–H and O–H groups in total. The van der Waals surface area contributed by atoms with Gasteiger partial charge in [-0.3, -0.25) is 4.90 Å². The molecule has 1 unspecified atom stereocenters. The smallest absolute Gasteiger partial charge is 0.268 e. The van der Waals surface area contributed by atoms with E-state index in [2.05, 4.69) is 20.1 Å². The van der Waals surface area contributed by atoms with Crippen LogP contribution >= 0.6 is 0 Å². The van der Waals surface area contributed by atoms with Crippen LogP contribution in [0.25, 0.3) is 17.2 Å². The Kier molecular flexibility index (Phi) is 7.38. The van der Waals surface area contributed by atoms with Crippen LogP contribution < -0.4 is 0 Å². The molecule has 1 fully saturated rings. The van der Waals surface area contributed by atoms with Crippen molar-refractivity contribution in [3.05, 3.63) is 76.8 Å². The Bertz CT molecular complexity index is 1340. The first kappa shape index (κ1) is 26.1. The van der Waals surface area contributed by atoms with Crippen LogP contribution in [0.1, 0.15) is 43.0 Å². The van der Waals surface area contributed by atoms with Crippen molar-refractivity contribution in [1.29, 1.82) is 0 Å². The molecule has 38 heavy (non-hydrogen) atoms. The number of aliphatic hydroxyl groups is 1. The van der Waals surface area contributed by atoms with E-state index in [0.717, 1.165) is 24.1 Å². The zero-order chi connectivity index (χ0) is 27.0. The van der Waals surface area contributed by atoms with Crippen LogP contribution in [0.5, 0.6) is 0 Å². The van der Waals surface area contributed by atoms with Crippen LogP contribution in [0.2, 0.25) is 0 Å². The van der Waals surface area contributed by atoms with E-state index in [1.54, 1.807) is 4.90 Å². The molecular weight excluding hydrogens is 490 g/mol. The fourth-order valence-electron chi connectivity index (χ4n) is 4.98. The lowest BCUT2D eigenvalue weighted by Gasteiger charge is -2.37. The average Bonchev–Trinajstić information content (AvgIpc) is 3.40.